The third-order valence-corrected chi connectivity index (χ3v) is 4.08. The van der Waals surface area contributed by atoms with Crippen molar-refractivity contribution in [1.82, 2.24) is 0 Å². The second-order valence-corrected chi connectivity index (χ2v) is 5.58. The van der Waals surface area contributed by atoms with E-state index in [2.05, 4.69) is 6.92 Å². The van der Waals surface area contributed by atoms with Crippen molar-refractivity contribution < 1.29 is 14.3 Å². The summed E-state index contributed by atoms with van der Waals surface area (Å²) in [6, 6.07) is 0. The number of ketones is 1. The summed E-state index contributed by atoms with van der Waals surface area (Å²) in [4.78, 5) is 23.6. The van der Waals surface area contributed by atoms with Gasteiger partial charge < -0.3 is 4.74 Å². The fourth-order valence-electron chi connectivity index (χ4n) is 3.05. The number of carbonyl (C=O) groups is 2. The molecule has 1 rings (SSSR count). The lowest BCUT2D eigenvalue weighted by Crippen LogP contribution is -2.23. The number of hydrogen-bond acceptors (Lipinski definition) is 3. The average Bonchev–Trinajstić information content (AvgIpc) is 2.80. The SMILES string of the molecule is CCCCCCC(CC(=O)OCC)C1CCCC1=O. The Balaban J connectivity index is 2.46. The number of rotatable bonds is 9. The Labute approximate surface area is 117 Å². The molecule has 1 saturated carbocycles. The van der Waals surface area contributed by atoms with E-state index in [1.807, 2.05) is 6.92 Å². The Morgan fingerprint density at radius 3 is 2.68 bits per heavy atom. The van der Waals surface area contributed by atoms with Crippen molar-refractivity contribution in [2.75, 3.05) is 6.61 Å². The van der Waals surface area contributed by atoms with Crippen molar-refractivity contribution in [2.24, 2.45) is 11.8 Å². The van der Waals surface area contributed by atoms with Gasteiger partial charge in [0, 0.05) is 18.8 Å². The number of esters is 1. The lowest BCUT2D eigenvalue weighted by atomic mass is 9.83. The first-order valence-electron chi connectivity index (χ1n) is 7.87. The van der Waals surface area contributed by atoms with Crippen LogP contribution in [0.4, 0.5) is 0 Å². The van der Waals surface area contributed by atoms with Gasteiger partial charge in [-0.15, -0.1) is 0 Å². The van der Waals surface area contributed by atoms with Crippen LogP contribution in [-0.4, -0.2) is 18.4 Å². The third-order valence-electron chi connectivity index (χ3n) is 4.08. The molecule has 0 N–H and O–H groups in total. The first-order chi connectivity index (χ1) is 9.19. The zero-order chi connectivity index (χ0) is 14.1. The standard InChI is InChI=1S/C16H28O3/c1-3-5-6-7-9-13(12-16(18)19-4-2)14-10-8-11-15(14)17/h13-14H,3-12H2,1-2H3. The minimum atomic E-state index is -0.136. The molecule has 1 aliphatic carbocycles. The molecule has 0 aromatic heterocycles. The second kappa shape index (κ2) is 9.11. The van der Waals surface area contributed by atoms with E-state index in [4.69, 9.17) is 4.74 Å². The molecule has 0 amide bonds. The molecule has 0 aromatic rings. The van der Waals surface area contributed by atoms with Crippen LogP contribution < -0.4 is 0 Å². The molecule has 1 fully saturated rings. The van der Waals surface area contributed by atoms with Crippen LogP contribution in [-0.2, 0) is 14.3 Å². The van der Waals surface area contributed by atoms with Gasteiger partial charge in [-0.25, -0.2) is 0 Å². The van der Waals surface area contributed by atoms with Crippen molar-refractivity contribution in [1.29, 1.82) is 0 Å². The highest BCUT2D eigenvalue weighted by molar-refractivity contribution is 5.83. The molecule has 110 valence electrons. The minimum Gasteiger partial charge on any atom is -0.466 e. The summed E-state index contributed by atoms with van der Waals surface area (Å²) in [6.45, 7) is 4.45. The summed E-state index contributed by atoms with van der Waals surface area (Å²) in [5.74, 6) is 0.560. The number of hydrogen-bond donors (Lipinski definition) is 0. The van der Waals surface area contributed by atoms with Crippen LogP contribution in [0.25, 0.3) is 0 Å². The van der Waals surface area contributed by atoms with Crippen LogP contribution in [0.3, 0.4) is 0 Å². The number of carbonyl (C=O) groups excluding carboxylic acids is 2. The van der Waals surface area contributed by atoms with Crippen molar-refractivity contribution in [3.05, 3.63) is 0 Å². The van der Waals surface area contributed by atoms with Gasteiger partial charge in [0.1, 0.15) is 5.78 Å². The van der Waals surface area contributed by atoms with E-state index in [9.17, 15) is 9.59 Å². The molecule has 0 aromatic carbocycles. The van der Waals surface area contributed by atoms with Crippen molar-refractivity contribution in [2.45, 2.75) is 71.6 Å². The molecular formula is C16H28O3. The fourth-order valence-corrected chi connectivity index (χ4v) is 3.05. The highest BCUT2D eigenvalue weighted by atomic mass is 16.5. The summed E-state index contributed by atoms with van der Waals surface area (Å²) < 4.78 is 5.04. The molecule has 3 heteroatoms. The lowest BCUT2D eigenvalue weighted by Gasteiger charge is -2.21. The van der Waals surface area contributed by atoms with E-state index in [-0.39, 0.29) is 17.8 Å². The Morgan fingerprint density at radius 1 is 1.32 bits per heavy atom. The van der Waals surface area contributed by atoms with Crippen LogP contribution in [0.1, 0.15) is 71.6 Å². The predicted molar refractivity (Wildman–Crippen MR) is 75.8 cm³/mol. The maximum atomic E-state index is 11.9. The average molecular weight is 268 g/mol. The van der Waals surface area contributed by atoms with E-state index >= 15 is 0 Å². The quantitative estimate of drug-likeness (QED) is 0.470. The molecular weight excluding hydrogens is 240 g/mol. The zero-order valence-corrected chi connectivity index (χ0v) is 12.5. The molecule has 0 spiro atoms. The summed E-state index contributed by atoms with van der Waals surface area (Å²) in [6.07, 6.45) is 8.88. The van der Waals surface area contributed by atoms with Crippen LogP contribution in [0.5, 0.6) is 0 Å². The molecule has 1 aliphatic rings. The minimum absolute atomic E-state index is 0.117. The predicted octanol–water partition coefficient (Wildman–Crippen LogP) is 3.90. The van der Waals surface area contributed by atoms with Crippen molar-refractivity contribution in [3.63, 3.8) is 0 Å². The van der Waals surface area contributed by atoms with Crippen molar-refractivity contribution in [3.8, 4) is 0 Å². The van der Waals surface area contributed by atoms with Gasteiger partial charge in [-0.05, 0) is 32.1 Å². The van der Waals surface area contributed by atoms with Crippen LogP contribution >= 0.6 is 0 Å². The van der Waals surface area contributed by atoms with Gasteiger partial charge in [-0.1, -0.05) is 32.6 Å². The van der Waals surface area contributed by atoms with Crippen LogP contribution in [0.15, 0.2) is 0 Å². The Kier molecular flexibility index (Phi) is 7.76. The van der Waals surface area contributed by atoms with E-state index < -0.39 is 0 Å². The molecule has 0 heterocycles. The van der Waals surface area contributed by atoms with Crippen molar-refractivity contribution >= 4 is 11.8 Å². The number of Topliss-reactive ketones (excluding diaryl/α,β-unsaturated/α-hetero) is 1. The van der Waals surface area contributed by atoms with Gasteiger partial charge in [0.05, 0.1) is 6.61 Å². The smallest absolute Gasteiger partial charge is 0.306 e. The fraction of sp³-hybridized carbons (Fsp3) is 0.875. The second-order valence-electron chi connectivity index (χ2n) is 5.58. The third kappa shape index (κ3) is 5.75. The molecule has 2 atom stereocenters. The summed E-state index contributed by atoms with van der Waals surface area (Å²) in [5.41, 5.74) is 0. The maximum Gasteiger partial charge on any atom is 0.306 e. The van der Waals surface area contributed by atoms with E-state index in [1.54, 1.807) is 0 Å². The first kappa shape index (κ1) is 16.2. The van der Waals surface area contributed by atoms with Gasteiger partial charge >= 0.3 is 5.97 Å². The van der Waals surface area contributed by atoms with E-state index in [1.165, 1.54) is 19.3 Å². The molecule has 3 nitrogen and oxygen atoms in total. The maximum absolute atomic E-state index is 11.9. The summed E-state index contributed by atoms with van der Waals surface area (Å²) in [5, 5.41) is 0. The van der Waals surface area contributed by atoms with Gasteiger partial charge in [0.2, 0.25) is 0 Å². The summed E-state index contributed by atoms with van der Waals surface area (Å²) >= 11 is 0. The topological polar surface area (TPSA) is 43.4 Å². The highest BCUT2D eigenvalue weighted by Crippen LogP contribution is 2.33. The van der Waals surface area contributed by atoms with Gasteiger partial charge in [0.25, 0.3) is 0 Å². The van der Waals surface area contributed by atoms with E-state index in [0.29, 0.717) is 25.2 Å². The molecule has 0 aliphatic heterocycles. The molecule has 0 radical (unpaired) electrons. The molecule has 2 unspecified atom stereocenters. The Hall–Kier alpha value is -0.860. The first-order valence-corrected chi connectivity index (χ1v) is 7.87. The highest BCUT2D eigenvalue weighted by Gasteiger charge is 2.33. The van der Waals surface area contributed by atoms with E-state index in [0.717, 1.165) is 25.7 Å². The van der Waals surface area contributed by atoms with Gasteiger partial charge in [-0.2, -0.15) is 0 Å². The van der Waals surface area contributed by atoms with Crippen LogP contribution in [0, 0.1) is 11.8 Å². The van der Waals surface area contributed by atoms with Gasteiger partial charge in [-0.3, -0.25) is 9.59 Å². The van der Waals surface area contributed by atoms with Crippen LogP contribution in [0.2, 0.25) is 0 Å². The lowest BCUT2D eigenvalue weighted by molar-refractivity contribution is -0.145. The monoisotopic (exact) mass is 268 g/mol. The molecule has 0 saturated heterocycles. The Bertz CT molecular complexity index is 286. The van der Waals surface area contributed by atoms with Gasteiger partial charge in [0.15, 0.2) is 0 Å². The number of ether oxygens (including phenoxy) is 1. The molecule has 19 heavy (non-hydrogen) atoms. The normalized spacial score (nSPS) is 20.5. The summed E-state index contributed by atoms with van der Waals surface area (Å²) in [7, 11) is 0. The molecule has 0 bridgehead atoms. The number of unbranched alkanes of at least 4 members (excludes halogenated alkanes) is 3. The Morgan fingerprint density at radius 2 is 2.11 bits per heavy atom. The zero-order valence-electron chi connectivity index (χ0n) is 12.5. The largest absolute Gasteiger partial charge is 0.466 e.